The second-order valence-electron chi connectivity index (χ2n) is 5.40. The highest BCUT2D eigenvalue weighted by Gasteiger charge is 2.07. The summed E-state index contributed by atoms with van der Waals surface area (Å²) >= 11 is 0. The van der Waals surface area contributed by atoms with E-state index in [0.717, 1.165) is 11.4 Å². The predicted octanol–water partition coefficient (Wildman–Crippen LogP) is 1.03. The Morgan fingerprint density at radius 3 is 1.62 bits per heavy atom. The Labute approximate surface area is 126 Å². The van der Waals surface area contributed by atoms with Crippen LogP contribution in [0.2, 0.25) is 0 Å². The zero-order chi connectivity index (χ0) is 15.2. The molecule has 2 heterocycles. The molecule has 5 nitrogen and oxygen atoms in total. The molecule has 0 aliphatic heterocycles. The van der Waals surface area contributed by atoms with Crippen molar-refractivity contribution in [3.05, 3.63) is 49.1 Å². The highest BCUT2D eigenvalue weighted by atomic mass is 16.5. The van der Waals surface area contributed by atoms with Crippen molar-refractivity contribution in [1.82, 2.24) is 0 Å². The Morgan fingerprint density at radius 2 is 1.24 bits per heavy atom. The summed E-state index contributed by atoms with van der Waals surface area (Å²) in [7, 11) is 8.12. The monoisotopic (exact) mass is 288 g/mol. The summed E-state index contributed by atoms with van der Waals surface area (Å²) < 4.78 is 9.83. The van der Waals surface area contributed by atoms with Gasteiger partial charge in [0, 0.05) is 40.3 Å². The van der Waals surface area contributed by atoms with Crippen molar-refractivity contribution in [2.75, 3.05) is 38.0 Å². The summed E-state index contributed by atoms with van der Waals surface area (Å²) in [4.78, 5) is 4.15. The number of anilines is 2. The fourth-order valence-corrected chi connectivity index (χ4v) is 1.96. The van der Waals surface area contributed by atoms with E-state index in [1.165, 1.54) is 0 Å². The third-order valence-electron chi connectivity index (χ3n) is 3.20. The van der Waals surface area contributed by atoms with Crippen LogP contribution in [0.1, 0.15) is 0 Å². The van der Waals surface area contributed by atoms with Crippen LogP contribution in [0.4, 0.5) is 11.4 Å². The molecule has 0 N–H and O–H groups in total. The molecule has 5 heteroatoms. The lowest BCUT2D eigenvalue weighted by Gasteiger charge is -2.10. The van der Waals surface area contributed by atoms with Gasteiger partial charge in [-0.1, -0.05) is 0 Å². The number of nitrogens with zero attached hydrogens (tertiary/aromatic N) is 4. The standard InChI is InChI=1S/C16H24N4O/c1-17(2)15-7-5-9-19(11-15)13-21-14-20-10-6-8-16(12-20)18(3)4/h5-12H,13-14H2,1-4H3/q+2. The molecule has 0 spiro atoms. The fourth-order valence-electron chi connectivity index (χ4n) is 1.96. The molecule has 0 saturated carbocycles. The third kappa shape index (κ3) is 4.43. The molecule has 0 aliphatic rings. The molecule has 0 amide bonds. The maximum absolute atomic E-state index is 5.76. The van der Waals surface area contributed by atoms with Gasteiger partial charge in [-0.25, -0.2) is 0 Å². The Kier molecular flexibility index (Phi) is 5.11. The van der Waals surface area contributed by atoms with Crippen LogP contribution in [0, 0.1) is 0 Å². The normalized spacial score (nSPS) is 10.5. The fraction of sp³-hybridized carbons (Fsp3) is 0.375. The molecule has 0 unspecified atom stereocenters. The molecule has 21 heavy (non-hydrogen) atoms. The van der Waals surface area contributed by atoms with Gasteiger partial charge in [0.15, 0.2) is 24.8 Å². The predicted molar refractivity (Wildman–Crippen MR) is 83.0 cm³/mol. The molecule has 2 aromatic heterocycles. The number of hydrogen-bond donors (Lipinski definition) is 0. The molecule has 2 rings (SSSR count). The smallest absolute Gasteiger partial charge is 0.257 e. The lowest BCUT2D eigenvalue weighted by molar-refractivity contribution is -0.788. The molecule has 2 aromatic rings. The zero-order valence-electron chi connectivity index (χ0n) is 13.2. The van der Waals surface area contributed by atoms with E-state index in [4.69, 9.17) is 4.74 Å². The van der Waals surface area contributed by atoms with Gasteiger partial charge in [-0.15, -0.1) is 0 Å². The van der Waals surface area contributed by atoms with E-state index in [2.05, 4.69) is 34.3 Å². The number of pyridine rings is 2. The van der Waals surface area contributed by atoms with E-state index in [1.54, 1.807) is 0 Å². The van der Waals surface area contributed by atoms with E-state index < -0.39 is 0 Å². The summed E-state index contributed by atoms with van der Waals surface area (Å²) in [6, 6.07) is 8.20. The van der Waals surface area contributed by atoms with Gasteiger partial charge >= 0.3 is 0 Å². The summed E-state index contributed by atoms with van der Waals surface area (Å²) in [5.41, 5.74) is 2.31. The second-order valence-corrected chi connectivity index (χ2v) is 5.40. The molecule has 0 radical (unpaired) electrons. The molecule has 0 aliphatic carbocycles. The first-order valence-corrected chi connectivity index (χ1v) is 6.97. The van der Waals surface area contributed by atoms with Gasteiger partial charge in [-0.05, 0) is 12.1 Å². The van der Waals surface area contributed by atoms with Crippen molar-refractivity contribution in [3.63, 3.8) is 0 Å². The van der Waals surface area contributed by atoms with Crippen LogP contribution >= 0.6 is 0 Å². The molecule has 0 saturated heterocycles. The van der Waals surface area contributed by atoms with Crippen LogP contribution in [0.25, 0.3) is 0 Å². The Morgan fingerprint density at radius 1 is 0.810 bits per heavy atom. The van der Waals surface area contributed by atoms with Crippen molar-refractivity contribution in [2.45, 2.75) is 13.5 Å². The van der Waals surface area contributed by atoms with Crippen molar-refractivity contribution >= 4 is 11.4 Å². The van der Waals surface area contributed by atoms with Gasteiger partial charge in [0.25, 0.3) is 13.5 Å². The van der Waals surface area contributed by atoms with E-state index in [-0.39, 0.29) is 0 Å². The summed E-state index contributed by atoms with van der Waals surface area (Å²) in [5, 5.41) is 0. The maximum Gasteiger partial charge on any atom is 0.257 e. The lowest BCUT2D eigenvalue weighted by atomic mass is 10.4. The molecule has 0 aromatic carbocycles. The van der Waals surface area contributed by atoms with E-state index in [9.17, 15) is 0 Å². The Hall–Kier alpha value is -2.14. The van der Waals surface area contributed by atoms with Crippen molar-refractivity contribution < 1.29 is 13.9 Å². The first kappa shape index (κ1) is 15.3. The quantitative estimate of drug-likeness (QED) is 0.742. The number of hydrogen-bond acceptors (Lipinski definition) is 3. The Bertz CT molecular complexity index is 532. The SMILES string of the molecule is CN(C)c1ccc[n+](COC[n+]2cccc(N(C)C)c2)c1. The van der Waals surface area contributed by atoms with Gasteiger partial charge in [0.1, 0.15) is 11.4 Å². The van der Waals surface area contributed by atoms with Gasteiger partial charge in [0.05, 0.1) is 0 Å². The molecule has 0 bridgehead atoms. The molecule has 112 valence electrons. The van der Waals surface area contributed by atoms with E-state index in [1.807, 2.05) is 61.9 Å². The van der Waals surface area contributed by atoms with Crippen LogP contribution in [0.15, 0.2) is 49.1 Å². The minimum absolute atomic E-state index is 0.529. The Balaban J connectivity index is 1.92. The average molecular weight is 288 g/mol. The van der Waals surface area contributed by atoms with Gasteiger partial charge in [-0.3, -0.25) is 4.74 Å². The first-order valence-electron chi connectivity index (χ1n) is 6.97. The molecular formula is C16H24N4O+2. The topological polar surface area (TPSA) is 23.5 Å². The first-order chi connectivity index (χ1) is 10.1. The highest BCUT2D eigenvalue weighted by Crippen LogP contribution is 2.06. The van der Waals surface area contributed by atoms with Crippen LogP contribution in [0.3, 0.4) is 0 Å². The number of rotatable bonds is 6. The van der Waals surface area contributed by atoms with Crippen molar-refractivity contribution in [1.29, 1.82) is 0 Å². The summed E-state index contributed by atoms with van der Waals surface area (Å²) in [6.07, 6.45) is 8.16. The number of ether oxygens (including phenoxy) is 1. The molecular weight excluding hydrogens is 264 g/mol. The summed E-state index contributed by atoms with van der Waals surface area (Å²) in [6.45, 7) is 1.06. The minimum Gasteiger partial charge on any atom is -0.373 e. The minimum atomic E-state index is 0.529. The largest absolute Gasteiger partial charge is 0.373 e. The van der Waals surface area contributed by atoms with Crippen LogP contribution < -0.4 is 18.9 Å². The average Bonchev–Trinajstić information content (AvgIpc) is 2.48. The molecule has 0 atom stereocenters. The molecule has 0 fully saturated rings. The van der Waals surface area contributed by atoms with Gasteiger partial charge in [-0.2, -0.15) is 9.13 Å². The van der Waals surface area contributed by atoms with Crippen molar-refractivity contribution in [3.8, 4) is 0 Å². The van der Waals surface area contributed by atoms with Crippen LogP contribution in [-0.2, 0) is 18.2 Å². The van der Waals surface area contributed by atoms with Crippen molar-refractivity contribution in [2.24, 2.45) is 0 Å². The van der Waals surface area contributed by atoms with Crippen LogP contribution in [0.5, 0.6) is 0 Å². The highest BCUT2D eigenvalue weighted by molar-refractivity contribution is 5.40. The van der Waals surface area contributed by atoms with E-state index >= 15 is 0 Å². The summed E-state index contributed by atoms with van der Waals surface area (Å²) in [5.74, 6) is 0. The zero-order valence-corrected chi connectivity index (χ0v) is 13.2. The van der Waals surface area contributed by atoms with E-state index in [0.29, 0.717) is 13.5 Å². The lowest BCUT2D eigenvalue weighted by Crippen LogP contribution is -2.40. The third-order valence-corrected chi connectivity index (χ3v) is 3.20. The maximum atomic E-state index is 5.76. The van der Waals surface area contributed by atoms with Gasteiger partial charge in [0.2, 0.25) is 0 Å². The van der Waals surface area contributed by atoms with Crippen LogP contribution in [-0.4, -0.2) is 28.2 Å². The van der Waals surface area contributed by atoms with Gasteiger partial charge < -0.3 is 9.80 Å². The number of aromatic nitrogens is 2. The second kappa shape index (κ2) is 7.04.